The first-order chi connectivity index (χ1) is 11.2. The molecule has 1 saturated heterocycles. The largest absolute Gasteiger partial charge is 0.393 e. The average molecular weight is 451 g/mol. The van der Waals surface area contributed by atoms with Gasteiger partial charge in [0.2, 0.25) is 0 Å². The molecule has 1 aliphatic heterocycles. The van der Waals surface area contributed by atoms with Crippen LogP contribution in [0.1, 0.15) is 58.8 Å². The van der Waals surface area contributed by atoms with Crippen LogP contribution in [-0.2, 0) is 4.74 Å². The van der Waals surface area contributed by atoms with Gasteiger partial charge in [-0.15, -0.1) is 24.0 Å². The molecule has 1 heterocycles. The Kier molecular flexibility index (Phi) is 7.61. The number of hydrogen-bond acceptors (Lipinski definition) is 3. The van der Waals surface area contributed by atoms with E-state index in [0.717, 1.165) is 51.5 Å². The fraction of sp³-hybridized carbons (Fsp3) is 0.944. The lowest BCUT2D eigenvalue weighted by molar-refractivity contribution is -0.126. The number of aliphatic hydroxyl groups is 1. The van der Waals surface area contributed by atoms with Gasteiger partial charge in [-0.3, -0.25) is 4.99 Å². The zero-order chi connectivity index (χ0) is 16.3. The summed E-state index contributed by atoms with van der Waals surface area (Å²) in [5.41, 5.74) is 0.333. The quantitative estimate of drug-likeness (QED) is 0.392. The number of guanidine groups is 1. The van der Waals surface area contributed by atoms with Gasteiger partial charge in [0.15, 0.2) is 5.96 Å². The van der Waals surface area contributed by atoms with Gasteiger partial charge in [0, 0.05) is 37.7 Å². The maximum atomic E-state index is 9.74. The molecule has 2 atom stereocenters. The first-order valence-electron chi connectivity index (χ1n) is 9.55. The maximum absolute atomic E-state index is 9.74. The van der Waals surface area contributed by atoms with E-state index in [1.165, 1.54) is 25.7 Å². The van der Waals surface area contributed by atoms with Crippen molar-refractivity contribution < 1.29 is 9.84 Å². The highest BCUT2D eigenvalue weighted by Gasteiger charge is 2.57. The fourth-order valence-electron chi connectivity index (χ4n) is 4.71. The van der Waals surface area contributed by atoms with Crippen molar-refractivity contribution in [3.05, 3.63) is 0 Å². The van der Waals surface area contributed by atoms with Crippen LogP contribution in [0, 0.1) is 5.41 Å². The summed E-state index contributed by atoms with van der Waals surface area (Å²) in [6, 6.07) is 0.499. The predicted molar refractivity (Wildman–Crippen MR) is 108 cm³/mol. The molecule has 0 bridgehead atoms. The molecule has 140 valence electrons. The van der Waals surface area contributed by atoms with E-state index in [2.05, 4.69) is 24.1 Å². The molecule has 2 unspecified atom stereocenters. The molecule has 0 aromatic rings. The second-order valence-electron chi connectivity index (χ2n) is 7.33. The van der Waals surface area contributed by atoms with Gasteiger partial charge in [-0.25, -0.2) is 0 Å². The normalized spacial score (nSPS) is 30.1. The molecule has 3 aliphatic rings. The molecular formula is C18H34IN3O2. The van der Waals surface area contributed by atoms with E-state index >= 15 is 0 Å². The topological polar surface area (TPSA) is 57.1 Å². The number of hydrogen-bond donors (Lipinski definition) is 2. The molecule has 0 amide bonds. The highest BCUT2D eigenvalue weighted by molar-refractivity contribution is 14.0. The maximum Gasteiger partial charge on any atom is 0.194 e. The average Bonchev–Trinajstić information content (AvgIpc) is 3.07. The lowest BCUT2D eigenvalue weighted by atomic mass is 9.60. The highest BCUT2D eigenvalue weighted by Crippen LogP contribution is 2.54. The molecule has 0 radical (unpaired) electrons. The molecule has 0 aromatic heterocycles. The summed E-state index contributed by atoms with van der Waals surface area (Å²) in [5, 5.41) is 13.5. The Morgan fingerprint density at radius 1 is 1.25 bits per heavy atom. The second-order valence-corrected chi connectivity index (χ2v) is 7.33. The van der Waals surface area contributed by atoms with Gasteiger partial charge in [-0.05, 0) is 46.0 Å². The van der Waals surface area contributed by atoms with E-state index in [0.29, 0.717) is 17.6 Å². The van der Waals surface area contributed by atoms with Crippen LogP contribution in [0.4, 0.5) is 0 Å². The number of ether oxygens (including phenoxy) is 1. The van der Waals surface area contributed by atoms with E-state index in [1.54, 1.807) is 0 Å². The molecule has 1 spiro atoms. The van der Waals surface area contributed by atoms with Gasteiger partial charge < -0.3 is 20.1 Å². The monoisotopic (exact) mass is 451 g/mol. The number of aliphatic hydroxyl groups excluding tert-OH is 1. The Morgan fingerprint density at radius 3 is 2.50 bits per heavy atom. The van der Waals surface area contributed by atoms with Crippen LogP contribution in [0.3, 0.4) is 0 Å². The van der Waals surface area contributed by atoms with Crippen LogP contribution < -0.4 is 5.32 Å². The molecule has 5 nitrogen and oxygen atoms in total. The molecule has 6 heteroatoms. The summed E-state index contributed by atoms with van der Waals surface area (Å²) in [7, 11) is 0. The highest BCUT2D eigenvalue weighted by atomic mass is 127. The SMILES string of the molecule is CCN=C(NC1CC(OCC)C12CCCC2)N1CCC(O)CC1.I. The van der Waals surface area contributed by atoms with Gasteiger partial charge in [-0.2, -0.15) is 0 Å². The van der Waals surface area contributed by atoms with Crippen LogP contribution in [0.2, 0.25) is 0 Å². The molecule has 2 aliphatic carbocycles. The van der Waals surface area contributed by atoms with E-state index in [-0.39, 0.29) is 30.1 Å². The summed E-state index contributed by atoms with van der Waals surface area (Å²) < 4.78 is 6.02. The van der Waals surface area contributed by atoms with E-state index in [9.17, 15) is 5.11 Å². The van der Waals surface area contributed by atoms with E-state index in [1.807, 2.05) is 0 Å². The Balaban J connectivity index is 0.00000208. The van der Waals surface area contributed by atoms with Gasteiger partial charge in [0.05, 0.1) is 12.2 Å². The minimum absolute atomic E-state index is 0. The minimum Gasteiger partial charge on any atom is -0.393 e. The van der Waals surface area contributed by atoms with Crippen molar-refractivity contribution >= 4 is 29.9 Å². The number of nitrogens with one attached hydrogen (secondary N) is 1. The smallest absolute Gasteiger partial charge is 0.194 e. The summed E-state index contributed by atoms with van der Waals surface area (Å²) in [5.74, 6) is 1.05. The molecular weight excluding hydrogens is 417 g/mol. The van der Waals surface area contributed by atoms with Crippen molar-refractivity contribution in [2.45, 2.75) is 77.0 Å². The number of halogens is 1. The number of piperidine rings is 1. The van der Waals surface area contributed by atoms with Crippen LogP contribution in [-0.4, -0.2) is 60.5 Å². The first-order valence-corrected chi connectivity index (χ1v) is 9.55. The molecule has 3 fully saturated rings. The Hall–Kier alpha value is -0.0800. The zero-order valence-electron chi connectivity index (χ0n) is 15.2. The van der Waals surface area contributed by atoms with E-state index in [4.69, 9.17) is 9.73 Å². The van der Waals surface area contributed by atoms with Crippen molar-refractivity contribution in [2.24, 2.45) is 10.4 Å². The van der Waals surface area contributed by atoms with Gasteiger partial charge in [0.25, 0.3) is 0 Å². The van der Waals surface area contributed by atoms with E-state index < -0.39 is 0 Å². The molecule has 2 saturated carbocycles. The third-order valence-corrected chi connectivity index (χ3v) is 6.06. The fourth-order valence-corrected chi connectivity index (χ4v) is 4.71. The predicted octanol–water partition coefficient (Wildman–Crippen LogP) is 2.76. The van der Waals surface area contributed by atoms with Crippen LogP contribution in [0.5, 0.6) is 0 Å². The van der Waals surface area contributed by atoms with Crippen molar-refractivity contribution in [2.75, 3.05) is 26.2 Å². The third kappa shape index (κ3) is 4.01. The Morgan fingerprint density at radius 2 is 1.92 bits per heavy atom. The van der Waals surface area contributed by atoms with Gasteiger partial charge >= 0.3 is 0 Å². The Bertz CT molecular complexity index is 418. The first kappa shape index (κ1) is 20.2. The summed E-state index contributed by atoms with van der Waals surface area (Å²) >= 11 is 0. The summed E-state index contributed by atoms with van der Waals surface area (Å²) in [6.45, 7) is 7.63. The van der Waals surface area contributed by atoms with Crippen molar-refractivity contribution in [3.8, 4) is 0 Å². The lowest BCUT2D eigenvalue weighted by Crippen LogP contribution is -2.65. The summed E-state index contributed by atoms with van der Waals surface area (Å²) in [4.78, 5) is 7.06. The van der Waals surface area contributed by atoms with Crippen molar-refractivity contribution in [3.63, 3.8) is 0 Å². The molecule has 24 heavy (non-hydrogen) atoms. The second kappa shape index (κ2) is 9.03. The van der Waals surface area contributed by atoms with Gasteiger partial charge in [-0.1, -0.05) is 12.8 Å². The van der Waals surface area contributed by atoms with Crippen molar-refractivity contribution in [1.29, 1.82) is 0 Å². The summed E-state index contributed by atoms with van der Waals surface area (Å²) in [6.07, 6.45) is 8.33. The lowest BCUT2D eigenvalue weighted by Gasteiger charge is -2.55. The van der Waals surface area contributed by atoms with Crippen LogP contribution in [0.25, 0.3) is 0 Å². The zero-order valence-corrected chi connectivity index (χ0v) is 17.5. The molecule has 0 aromatic carbocycles. The molecule has 2 N–H and O–H groups in total. The van der Waals surface area contributed by atoms with Crippen LogP contribution >= 0.6 is 24.0 Å². The number of nitrogens with zero attached hydrogens (tertiary/aromatic N) is 2. The number of aliphatic imine (C=N–C) groups is 1. The third-order valence-electron chi connectivity index (χ3n) is 6.06. The number of likely N-dealkylation sites (tertiary alicyclic amines) is 1. The van der Waals surface area contributed by atoms with Gasteiger partial charge in [0.1, 0.15) is 0 Å². The number of rotatable bonds is 4. The Labute approximate surface area is 163 Å². The van der Waals surface area contributed by atoms with Crippen molar-refractivity contribution in [1.82, 2.24) is 10.2 Å². The van der Waals surface area contributed by atoms with Crippen LogP contribution in [0.15, 0.2) is 4.99 Å². The standard InChI is InChI=1S/C18H33N3O2.HI/c1-3-19-17(21-11-7-14(22)8-12-21)20-15-13-16(23-4-2)18(15)9-5-6-10-18;/h14-16,22H,3-13H2,1-2H3,(H,19,20);1H. The minimum atomic E-state index is -0.138. The molecule has 3 rings (SSSR count).